The summed E-state index contributed by atoms with van der Waals surface area (Å²) in [4.78, 5) is 39.7. The molecule has 9 nitrogen and oxygen atoms in total. The van der Waals surface area contributed by atoms with Gasteiger partial charge in [0, 0.05) is 35.5 Å². The molecule has 0 fully saturated rings. The number of alkyl halides is 3. The molecule has 2 heterocycles. The molecular formula is C17H13ClF3N5O4. The maximum atomic E-state index is 13.4. The Bertz CT molecular complexity index is 1280. The normalized spacial score (nSPS) is 11.5. The van der Waals surface area contributed by atoms with Crippen molar-refractivity contribution >= 4 is 17.3 Å². The Morgan fingerprint density at radius 1 is 1.20 bits per heavy atom. The van der Waals surface area contributed by atoms with Gasteiger partial charge in [0.2, 0.25) is 5.75 Å². The molecule has 0 amide bonds. The molecule has 0 aliphatic rings. The zero-order chi connectivity index (χ0) is 22.2. The summed E-state index contributed by atoms with van der Waals surface area (Å²) in [5.41, 5.74) is 1.47. The van der Waals surface area contributed by atoms with Gasteiger partial charge in [0.05, 0.1) is 12.9 Å². The van der Waals surface area contributed by atoms with E-state index in [1.54, 1.807) is 0 Å². The van der Waals surface area contributed by atoms with Gasteiger partial charge in [-0.15, -0.1) is 0 Å². The van der Waals surface area contributed by atoms with Gasteiger partial charge in [-0.05, 0) is 12.1 Å². The lowest BCUT2D eigenvalue weighted by atomic mass is 10.3. The van der Waals surface area contributed by atoms with E-state index in [2.05, 4.69) is 10.1 Å². The van der Waals surface area contributed by atoms with Crippen molar-refractivity contribution in [2.75, 3.05) is 5.73 Å². The second-order valence-corrected chi connectivity index (χ2v) is 6.62. The zero-order valence-corrected chi connectivity index (χ0v) is 15.9. The Labute approximate surface area is 170 Å². The highest BCUT2D eigenvalue weighted by molar-refractivity contribution is 6.31. The van der Waals surface area contributed by atoms with Crippen molar-refractivity contribution in [2.45, 2.75) is 12.7 Å². The minimum absolute atomic E-state index is 0.0782. The average molecular weight is 444 g/mol. The molecule has 3 aromatic rings. The first-order chi connectivity index (χ1) is 14.0. The fourth-order valence-corrected chi connectivity index (χ4v) is 2.76. The van der Waals surface area contributed by atoms with Crippen LogP contribution in [0.2, 0.25) is 5.02 Å². The Balaban J connectivity index is 2.13. The average Bonchev–Trinajstić information content (AvgIpc) is 2.61. The van der Waals surface area contributed by atoms with Crippen molar-refractivity contribution in [3.05, 3.63) is 77.9 Å². The van der Waals surface area contributed by atoms with Crippen LogP contribution in [0.1, 0.15) is 11.3 Å². The number of hydrogen-bond acceptors (Lipinski definition) is 6. The second kappa shape index (κ2) is 7.71. The number of aryl methyl sites for hydroxylation is 1. The predicted molar refractivity (Wildman–Crippen MR) is 101 cm³/mol. The first kappa shape index (κ1) is 21.2. The fourth-order valence-electron chi connectivity index (χ4n) is 2.53. The third-order valence-electron chi connectivity index (χ3n) is 3.91. The monoisotopic (exact) mass is 443 g/mol. The van der Waals surface area contributed by atoms with Gasteiger partial charge in [-0.25, -0.2) is 4.98 Å². The minimum Gasteiger partial charge on any atom is -0.449 e. The van der Waals surface area contributed by atoms with E-state index >= 15 is 0 Å². The molecule has 0 atom stereocenters. The van der Waals surface area contributed by atoms with Gasteiger partial charge < -0.3 is 10.5 Å². The Morgan fingerprint density at radius 2 is 1.90 bits per heavy atom. The minimum atomic E-state index is -5.00. The molecule has 158 valence electrons. The standard InChI is InChI=1S/C17H13ClF3N5O4/c1-25-12(27)2-8(15(28)24-25)6-26-7-23-14(17(19,20)21)13(16(26)29)30-11-4-9(18)3-10(22)5-11/h2-5,7H,6,22H2,1H3,(H,24,28). The maximum Gasteiger partial charge on any atom is 0.437 e. The van der Waals surface area contributed by atoms with Crippen LogP contribution in [-0.2, 0) is 19.8 Å². The van der Waals surface area contributed by atoms with Crippen LogP contribution in [0, 0.1) is 0 Å². The molecule has 0 aliphatic heterocycles. The van der Waals surface area contributed by atoms with E-state index in [1.807, 2.05) is 0 Å². The number of H-pyrrole nitrogens is 1. The van der Waals surface area contributed by atoms with E-state index in [9.17, 15) is 27.6 Å². The SMILES string of the molecule is Cn1[nH]c(=O)c(Cn2cnc(C(F)(F)F)c(Oc3cc(N)cc(Cl)c3)c2=O)cc1=O. The number of aromatic amines is 1. The van der Waals surface area contributed by atoms with Gasteiger partial charge in [0.25, 0.3) is 16.7 Å². The molecule has 30 heavy (non-hydrogen) atoms. The summed E-state index contributed by atoms with van der Waals surface area (Å²) in [6.07, 6.45) is -4.39. The van der Waals surface area contributed by atoms with Crippen molar-refractivity contribution in [3.8, 4) is 11.5 Å². The summed E-state index contributed by atoms with van der Waals surface area (Å²) in [5.74, 6) is -1.35. The fraction of sp³-hybridized carbons (Fsp3) is 0.176. The third kappa shape index (κ3) is 4.38. The molecule has 2 aromatic heterocycles. The number of nitrogen functional groups attached to an aromatic ring is 1. The topological polar surface area (TPSA) is 125 Å². The van der Waals surface area contributed by atoms with Crippen molar-refractivity contribution in [3.63, 3.8) is 0 Å². The molecular weight excluding hydrogens is 431 g/mol. The summed E-state index contributed by atoms with van der Waals surface area (Å²) < 4.78 is 46.9. The Kier molecular flexibility index (Phi) is 5.44. The summed E-state index contributed by atoms with van der Waals surface area (Å²) in [6.45, 7) is -0.510. The Morgan fingerprint density at radius 3 is 2.53 bits per heavy atom. The van der Waals surface area contributed by atoms with Crippen LogP contribution in [0.5, 0.6) is 11.5 Å². The Hall–Kier alpha value is -3.54. The largest absolute Gasteiger partial charge is 0.449 e. The molecule has 13 heteroatoms. The predicted octanol–water partition coefficient (Wildman–Crippen LogP) is 1.73. The van der Waals surface area contributed by atoms with Crippen LogP contribution in [0.15, 0.2) is 45.0 Å². The molecule has 0 unspecified atom stereocenters. The molecule has 1 aromatic carbocycles. The molecule has 0 bridgehead atoms. The highest BCUT2D eigenvalue weighted by atomic mass is 35.5. The lowest BCUT2D eigenvalue weighted by molar-refractivity contribution is -0.142. The van der Waals surface area contributed by atoms with Crippen LogP contribution >= 0.6 is 11.6 Å². The summed E-state index contributed by atoms with van der Waals surface area (Å²) in [5, 5.41) is 2.30. The molecule has 3 N–H and O–H groups in total. The van der Waals surface area contributed by atoms with Crippen LogP contribution in [0.25, 0.3) is 0 Å². The van der Waals surface area contributed by atoms with E-state index in [0.29, 0.717) is 10.9 Å². The van der Waals surface area contributed by atoms with Gasteiger partial charge >= 0.3 is 6.18 Å². The first-order valence-electron chi connectivity index (χ1n) is 8.15. The van der Waals surface area contributed by atoms with Crippen LogP contribution in [-0.4, -0.2) is 19.3 Å². The number of nitrogens with zero attached hydrogens (tertiary/aromatic N) is 3. The number of nitrogens with one attached hydrogen (secondary N) is 1. The highest BCUT2D eigenvalue weighted by Gasteiger charge is 2.38. The van der Waals surface area contributed by atoms with Crippen molar-refractivity contribution < 1.29 is 17.9 Å². The van der Waals surface area contributed by atoms with Crippen molar-refractivity contribution in [1.29, 1.82) is 0 Å². The molecule has 0 saturated heterocycles. The molecule has 3 rings (SSSR count). The van der Waals surface area contributed by atoms with Crippen LogP contribution < -0.4 is 27.1 Å². The molecule has 0 saturated carbocycles. The van der Waals surface area contributed by atoms with E-state index in [1.165, 1.54) is 25.2 Å². The number of nitrogens with two attached hydrogens (primary N) is 1. The van der Waals surface area contributed by atoms with Gasteiger partial charge in [-0.2, -0.15) is 13.2 Å². The smallest absolute Gasteiger partial charge is 0.437 e. The number of hydrogen-bond donors (Lipinski definition) is 2. The number of ether oxygens (including phenoxy) is 1. The number of aromatic nitrogens is 4. The van der Waals surface area contributed by atoms with Gasteiger partial charge in [0.15, 0.2) is 5.69 Å². The van der Waals surface area contributed by atoms with Gasteiger partial charge in [-0.3, -0.25) is 28.7 Å². The third-order valence-corrected chi connectivity index (χ3v) is 4.13. The second-order valence-electron chi connectivity index (χ2n) is 6.18. The van der Waals surface area contributed by atoms with E-state index in [0.717, 1.165) is 10.7 Å². The number of rotatable bonds is 4. The number of anilines is 1. The number of halogens is 4. The van der Waals surface area contributed by atoms with Gasteiger partial charge in [-0.1, -0.05) is 11.6 Å². The van der Waals surface area contributed by atoms with Crippen LogP contribution in [0.3, 0.4) is 0 Å². The lowest BCUT2D eigenvalue weighted by Crippen LogP contribution is -2.32. The molecule has 0 radical (unpaired) electrons. The quantitative estimate of drug-likeness (QED) is 0.591. The van der Waals surface area contributed by atoms with Crippen molar-refractivity contribution in [1.82, 2.24) is 19.3 Å². The summed E-state index contributed by atoms with van der Waals surface area (Å²) in [7, 11) is 1.31. The number of benzene rings is 1. The lowest BCUT2D eigenvalue weighted by Gasteiger charge is -2.15. The summed E-state index contributed by atoms with van der Waals surface area (Å²) >= 11 is 5.82. The molecule has 0 spiro atoms. The first-order valence-corrected chi connectivity index (χ1v) is 8.53. The van der Waals surface area contributed by atoms with E-state index < -0.39 is 40.8 Å². The van der Waals surface area contributed by atoms with Crippen LogP contribution in [0.4, 0.5) is 18.9 Å². The van der Waals surface area contributed by atoms with Crippen molar-refractivity contribution in [2.24, 2.45) is 7.05 Å². The van der Waals surface area contributed by atoms with E-state index in [4.69, 9.17) is 22.1 Å². The summed E-state index contributed by atoms with van der Waals surface area (Å²) in [6, 6.07) is 4.64. The van der Waals surface area contributed by atoms with E-state index in [-0.39, 0.29) is 22.0 Å². The highest BCUT2D eigenvalue weighted by Crippen LogP contribution is 2.35. The molecule has 0 aliphatic carbocycles. The maximum absolute atomic E-state index is 13.4. The zero-order valence-electron chi connectivity index (χ0n) is 15.2. The van der Waals surface area contributed by atoms with Gasteiger partial charge in [0.1, 0.15) is 5.75 Å².